The molecule has 24 heavy (non-hydrogen) atoms. The first-order chi connectivity index (χ1) is 11.8. The Morgan fingerprint density at radius 2 is 2.00 bits per heavy atom. The predicted octanol–water partition coefficient (Wildman–Crippen LogP) is 4.12. The number of fused-ring (bicyclic) bond motifs is 1. The van der Waals surface area contributed by atoms with E-state index in [1.807, 2.05) is 30.3 Å². The highest BCUT2D eigenvalue weighted by atomic mass is 32.2. The van der Waals surface area contributed by atoms with Crippen LogP contribution in [0.1, 0.15) is 5.56 Å². The van der Waals surface area contributed by atoms with E-state index in [0.29, 0.717) is 24.1 Å². The van der Waals surface area contributed by atoms with Crippen LogP contribution in [-0.2, 0) is 10.5 Å². The summed E-state index contributed by atoms with van der Waals surface area (Å²) in [6.45, 7) is 1.27. The fourth-order valence-corrected chi connectivity index (χ4v) is 3.09. The Morgan fingerprint density at radius 1 is 1.12 bits per heavy atom. The molecule has 0 radical (unpaired) electrons. The molecule has 2 aromatic carbocycles. The number of benzene rings is 2. The third-order valence-corrected chi connectivity index (χ3v) is 4.36. The molecule has 0 amide bonds. The van der Waals surface area contributed by atoms with Crippen molar-refractivity contribution in [2.45, 2.75) is 10.9 Å². The fraction of sp³-hybridized carbons (Fsp3) is 0.222. The summed E-state index contributed by atoms with van der Waals surface area (Å²) in [5.41, 5.74) is 1.79. The predicted molar refractivity (Wildman–Crippen MR) is 95.9 cm³/mol. The van der Waals surface area contributed by atoms with Crippen LogP contribution in [-0.4, -0.2) is 30.2 Å². The van der Waals surface area contributed by atoms with E-state index in [9.17, 15) is 4.39 Å². The summed E-state index contributed by atoms with van der Waals surface area (Å²) in [6.07, 6.45) is 0. The van der Waals surface area contributed by atoms with Crippen molar-refractivity contribution in [3.8, 4) is 0 Å². The highest BCUT2D eigenvalue weighted by Crippen LogP contribution is 2.26. The van der Waals surface area contributed by atoms with Gasteiger partial charge in [0.2, 0.25) is 0 Å². The molecular formula is C18H18FN3OS. The Bertz CT molecular complexity index is 828. The third-order valence-electron chi connectivity index (χ3n) is 3.44. The number of hydrogen-bond donors (Lipinski definition) is 1. The average Bonchev–Trinajstić information content (AvgIpc) is 2.60. The molecule has 0 atom stereocenters. The average molecular weight is 343 g/mol. The summed E-state index contributed by atoms with van der Waals surface area (Å²) in [5, 5.41) is 4.93. The third kappa shape index (κ3) is 4.21. The van der Waals surface area contributed by atoms with Gasteiger partial charge in [-0.1, -0.05) is 36.0 Å². The Labute approximate surface area is 144 Å². The molecule has 6 heteroatoms. The maximum absolute atomic E-state index is 13.3. The Hall–Kier alpha value is -2.18. The van der Waals surface area contributed by atoms with Gasteiger partial charge in [0, 0.05) is 24.8 Å². The van der Waals surface area contributed by atoms with Gasteiger partial charge in [-0.2, -0.15) is 0 Å². The van der Waals surface area contributed by atoms with E-state index in [1.165, 1.54) is 23.9 Å². The number of anilines is 1. The summed E-state index contributed by atoms with van der Waals surface area (Å²) in [4.78, 5) is 9.19. The molecule has 0 bridgehead atoms. The smallest absolute Gasteiger partial charge is 0.190 e. The lowest BCUT2D eigenvalue weighted by Gasteiger charge is -2.10. The number of methoxy groups -OCH3 is 1. The minimum absolute atomic E-state index is 0.227. The number of halogens is 1. The van der Waals surface area contributed by atoms with E-state index < -0.39 is 0 Å². The molecule has 1 heterocycles. The number of ether oxygens (including phenoxy) is 1. The molecule has 3 aromatic rings. The topological polar surface area (TPSA) is 47.0 Å². The zero-order valence-electron chi connectivity index (χ0n) is 13.3. The molecule has 124 valence electrons. The van der Waals surface area contributed by atoms with Crippen molar-refractivity contribution < 1.29 is 9.13 Å². The normalized spacial score (nSPS) is 10.9. The van der Waals surface area contributed by atoms with Crippen LogP contribution in [0, 0.1) is 5.82 Å². The molecule has 0 aliphatic heterocycles. The summed E-state index contributed by atoms with van der Waals surface area (Å²) < 4.78 is 18.4. The van der Waals surface area contributed by atoms with E-state index in [1.54, 1.807) is 13.2 Å². The maximum Gasteiger partial charge on any atom is 0.190 e. The van der Waals surface area contributed by atoms with E-state index in [-0.39, 0.29) is 5.82 Å². The van der Waals surface area contributed by atoms with Gasteiger partial charge >= 0.3 is 0 Å². The summed E-state index contributed by atoms with van der Waals surface area (Å²) in [7, 11) is 1.67. The molecule has 1 aromatic heterocycles. The maximum atomic E-state index is 13.3. The first kappa shape index (κ1) is 16.7. The SMILES string of the molecule is COCCNc1nc(SCc2cccc(F)c2)nc2ccccc12. The van der Waals surface area contributed by atoms with Crippen LogP contribution in [0.3, 0.4) is 0 Å². The van der Waals surface area contributed by atoms with E-state index in [0.717, 1.165) is 22.3 Å². The molecule has 3 rings (SSSR count). The lowest BCUT2D eigenvalue weighted by molar-refractivity contribution is 0.210. The van der Waals surface area contributed by atoms with E-state index >= 15 is 0 Å². The highest BCUT2D eigenvalue weighted by Gasteiger charge is 2.08. The number of aromatic nitrogens is 2. The van der Waals surface area contributed by atoms with Crippen molar-refractivity contribution >= 4 is 28.5 Å². The van der Waals surface area contributed by atoms with E-state index in [2.05, 4.69) is 15.3 Å². The molecule has 0 unspecified atom stereocenters. The molecule has 0 spiro atoms. The van der Waals surface area contributed by atoms with Gasteiger partial charge in [0.15, 0.2) is 5.16 Å². The zero-order valence-corrected chi connectivity index (χ0v) is 14.1. The lowest BCUT2D eigenvalue weighted by Crippen LogP contribution is -2.10. The van der Waals surface area contributed by atoms with Gasteiger partial charge in [-0.15, -0.1) is 0 Å². The second-order valence-electron chi connectivity index (χ2n) is 5.21. The van der Waals surface area contributed by atoms with Crippen LogP contribution in [0.5, 0.6) is 0 Å². The first-order valence-corrected chi connectivity index (χ1v) is 8.61. The van der Waals surface area contributed by atoms with Crippen molar-refractivity contribution in [2.24, 2.45) is 0 Å². The van der Waals surface area contributed by atoms with Gasteiger partial charge < -0.3 is 10.1 Å². The van der Waals surface area contributed by atoms with Crippen molar-refractivity contribution in [2.75, 3.05) is 25.6 Å². The number of hydrogen-bond acceptors (Lipinski definition) is 5. The standard InChI is InChI=1S/C18H18FN3OS/c1-23-10-9-20-17-15-7-2-3-8-16(15)21-18(22-17)24-12-13-5-4-6-14(19)11-13/h2-8,11H,9-10,12H2,1H3,(H,20,21,22). The summed E-state index contributed by atoms with van der Waals surface area (Å²) in [5.74, 6) is 1.18. The number of para-hydroxylation sites is 1. The highest BCUT2D eigenvalue weighted by molar-refractivity contribution is 7.98. The number of thioether (sulfide) groups is 1. The minimum atomic E-state index is -0.227. The van der Waals surface area contributed by atoms with Crippen LogP contribution < -0.4 is 5.32 Å². The molecule has 1 N–H and O–H groups in total. The molecule has 0 aliphatic rings. The van der Waals surface area contributed by atoms with Gasteiger partial charge in [0.05, 0.1) is 12.1 Å². The Kier molecular flexibility index (Phi) is 5.61. The molecular weight excluding hydrogens is 325 g/mol. The second-order valence-corrected chi connectivity index (χ2v) is 6.15. The number of rotatable bonds is 7. The quantitative estimate of drug-likeness (QED) is 0.397. The van der Waals surface area contributed by atoms with Crippen LogP contribution in [0.25, 0.3) is 10.9 Å². The molecule has 4 nitrogen and oxygen atoms in total. The van der Waals surface area contributed by atoms with Crippen LogP contribution in [0.4, 0.5) is 10.2 Å². The van der Waals surface area contributed by atoms with Crippen molar-refractivity contribution in [3.05, 3.63) is 59.9 Å². The molecule has 0 aliphatic carbocycles. The van der Waals surface area contributed by atoms with Crippen LogP contribution in [0.15, 0.2) is 53.7 Å². The largest absolute Gasteiger partial charge is 0.383 e. The summed E-state index contributed by atoms with van der Waals surface area (Å²) >= 11 is 1.49. The second kappa shape index (κ2) is 8.08. The van der Waals surface area contributed by atoms with E-state index in [4.69, 9.17) is 4.74 Å². The number of nitrogens with one attached hydrogen (secondary N) is 1. The first-order valence-electron chi connectivity index (χ1n) is 7.63. The van der Waals surface area contributed by atoms with Crippen LogP contribution >= 0.6 is 11.8 Å². The lowest BCUT2D eigenvalue weighted by atomic mass is 10.2. The monoisotopic (exact) mass is 343 g/mol. The molecule has 0 saturated carbocycles. The molecule has 0 fully saturated rings. The number of nitrogens with zero attached hydrogens (tertiary/aromatic N) is 2. The van der Waals surface area contributed by atoms with Crippen molar-refractivity contribution in [1.82, 2.24) is 9.97 Å². The fourth-order valence-electron chi connectivity index (χ4n) is 2.30. The summed E-state index contributed by atoms with van der Waals surface area (Å²) in [6, 6.07) is 14.5. The Balaban J connectivity index is 1.82. The Morgan fingerprint density at radius 3 is 2.83 bits per heavy atom. The van der Waals surface area contributed by atoms with Gasteiger partial charge in [-0.25, -0.2) is 14.4 Å². The van der Waals surface area contributed by atoms with Crippen molar-refractivity contribution in [1.29, 1.82) is 0 Å². The zero-order chi connectivity index (χ0) is 16.8. The van der Waals surface area contributed by atoms with Gasteiger partial charge in [-0.3, -0.25) is 0 Å². The van der Waals surface area contributed by atoms with Crippen molar-refractivity contribution in [3.63, 3.8) is 0 Å². The van der Waals surface area contributed by atoms with Gasteiger partial charge in [0.1, 0.15) is 11.6 Å². The molecule has 0 saturated heterocycles. The van der Waals surface area contributed by atoms with Crippen LogP contribution in [0.2, 0.25) is 0 Å². The van der Waals surface area contributed by atoms with Gasteiger partial charge in [-0.05, 0) is 29.8 Å². The van der Waals surface area contributed by atoms with Gasteiger partial charge in [0.25, 0.3) is 0 Å². The minimum Gasteiger partial charge on any atom is -0.383 e.